The van der Waals surface area contributed by atoms with Gasteiger partial charge in [-0.25, -0.2) is 4.98 Å². The Morgan fingerprint density at radius 1 is 1.28 bits per heavy atom. The SMILES string of the molecule is CC(C)CCSc1nc(N2CCCC2)c2c(c1C#N)CC(C)(C)OC2. The molecule has 136 valence electrons. The number of thioether (sulfide) groups is 1. The molecule has 0 N–H and O–H groups in total. The van der Waals surface area contributed by atoms with Crippen molar-refractivity contribution in [3.05, 3.63) is 16.7 Å². The van der Waals surface area contributed by atoms with Gasteiger partial charge >= 0.3 is 0 Å². The number of hydrogen-bond donors (Lipinski definition) is 0. The molecule has 1 saturated heterocycles. The van der Waals surface area contributed by atoms with Crippen LogP contribution in [-0.2, 0) is 17.8 Å². The first-order valence-corrected chi connectivity index (χ1v) is 10.4. The van der Waals surface area contributed by atoms with Crippen molar-refractivity contribution in [2.24, 2.45) is 5.92 Å². The van der Waals surface area contributed by atoms with Crippen LogP contribution in [0.15, 0.2) is 5.03 Å². The summed E-state index contributed by atoms with van der Waals surface area (Å²) in [4.78, 5) is 7.35. The van der Waals surface area contributed by atoms with Gasteiger partial charge in [0.2, 0.25) is 0 Å². The van der Waals surface area contributed by atoms with E-state index >= 15 is 0 Å². The van der Waals surface area contributed by atoms with E-state index in [1.165, 1.54) is 18.4 Å². The van der Waals surface area contributed by atoms with Crippen molar-refractivity contribution < 1.29 is 4.74 Å². The third-order valence-corrected chi connectivity index (χ3v) is 6.03. The first-order chi connectivity index (χ1) is 11.9. The van der Waals surface area contributed by atoms with Gasteiger partial charge in [0, 0.05) is 25.1 Å². The summed E-state index contributed by atoms with van der Waals surface area (Å²) in [5, 5.41) is 10.8. The molecule has 0 amide bonds. The Balaban J connectivity index is 2.02. The molecule has 0 radical (unpaired) electrons. The van der Waals surface area contributed by atoms with E-state index in [2.05, 4.69) is 38.7 Å². The van der Waals surface area contributed by atoms with Crippen LogP contribution in [0.1, 0.15) is 63.6 Å². The molecule has 3 rings (SSSR count). The second-order valence-electron chi connectivity index (χ2n) is 8.13. The summed E-state index contributed by atoms with van der Waals surface area (Å²) in [5.74, 6) is 2.74. The lowest BCUT2D eigenvalue weighted by atomic mass is 9.89. The Labute approximate surface area is 156 Å². The summed E-state index contributed by atoms with van der Waals surface area (Å²) in [6.07, 6.45) is 4.37. The van der Waals surface area contributed by atoms with Crippen LogP contribution in [0.2, 0.25) is 0 Å². The molecule has 0 aromatic carbocycles. The lowest BCUT2D eigenvalue weighted by Gasteiger charge is -2.35. The third kappa shape index (κ3) is 4.12. The Morgan fingerprint density at radius 2 is 2.00 bits per heavy atom. The first kappa shape index (κ1) is 18.5. The highest BCUT2D eigenvalue weighted by atomic mass is 32.2. The van der Waals surface area contributed by atoms with Crippen molar-refractivity contribution in [2.45, 2.75) is 70.6 Å². The summed E-state index contributed by atoms with van der Waals surface area (Å²) in [5.41, 5.74) is 2.87. The zero-order chi connectivity index (χ0) is 18.0. The molecular formula is C20H29N3OS. The number of pyridine rings is 1. The average Bonchev–Trinajstić information content (AvgIpc) is 3.07. The molecule has 5 heteroatoms. The van der Waals surface area contributed by atoms with E-state index in [1.807, 2.05) is 0 Å². The Morgan fingerprint density at radius 3 is 2.64 bits per heavy atom. The molecule has 4 nitrogen and oxygen atoms in total. The quantitative estimate of drug-likeness (QED) is 0.722. The van der Waals surface area contributed by atoms with Crippen molar-refractivity contribution in [1.82, 2.24) is 4.98 Å². The number of hydrogen-bond acceptors (Lipinski definition) is 5. The van der Waals surface area contributed by atoms with Crippen molar-refractivity contribution >= 4 is 17.6 Å². The van der Waals surface area contributed by atoms with Gasteiger partial charge in [-0.2, -0.15) is 5.26 Å². The predicted molar refractivity (Wildman–Crippen MR) is 103 cm³/mol. The normalized spacial score (nSPS) is 19.1. The summed E-state index contributed by atoms with van der Waals surface area (Å²) >= 11 is 1.74. The van der Waals surface area contributed by atoms with E-state index < -0.39 is 0 Å². The van der Waals surface area contributed by atoms with Gasteiger partial charge in [-0.1, -0.05) is 13.8 Å². The van der Waals surface area contributed by atoms with Crippen LogP contribution in [0.5, 0.6) is 0 Å². The Kier molecular flexibility index (Phi) is 5.60. The molecule has 0 bridgehead atoms. The van der Waals surface area contributed by atoms with Crippen molar-refractivity contribution in [1.29, 1.82) is 5.26 Å². The fourth-order valence-corrected chi connectivity index (χ4v) is 4.77. The fourth-order valence-electron chi connectivity index (χ4n) is 3.53. The lowest BCUT2D eigenvalue weighted by molar-refractivity contribution is -0.0401. The highest BCUT2D eigenvalue weighted by Gasteiger charge is 2.33. The molecule has 2 aliphatic heterocycles. The number of rotatable bonds is 5. The molecule has 0 spiro atoms. The zero-order valence-corrected chi connectivity index (χ0v) is 16.7. The molecular weight excluding hydrogens is 330 g/mol. The van der Waals surface area contributed by atoms with Crippen LogP contribution in [0.4, 0.5) is 5.82 Å². The molecule has 0 atom stereocenters. The van der Waals surface area contributed by atoms with E-state index in [1.54, 1.807) is 11.8 Å². The topological polar surface area (TPSA) is 49.2 Å². The van der Waals surface area contributed by atoms with E-state index in [0.29, 0.717) is 12.5 Å². The van der Waals surface area contributed by atoms with Crippen LogP contribution in [0.3, 0.4) is 0 Å². The largest absolute Gasteiger partial charge is 0.370 e. The monoisotopic (exact) mass is 359 g/mol. The first-order valence-electron chi connectivity index (χ1n) is 9.39. The zero-order valence-electron chi connectivity index (χ0n) is 15.9. The molecule has 1 aromatic rings. The number of ether oxygens (including phenoxy) is 1. The van der Waals surface area contributed by atoms with Gasteiger partial charge in [-0.3, -0.25) is 0 Å². The molecule has 1 aromatic heterocycles. The van der Waals surface area contributed by atoms with E-state index in [9.17, 15) is 5.26 Å². The number of anilines is 1. The second kappa shape index (κ2) is 7.55. The maximum atomic E-state index is 9.85. The summed E-state index contributed by atoms with van der Waals surface area (Å²) in [7, 11) is 0. The highest BCUT2D eigenvalue weighted by molar-refractivity contribution is 7.99. The Bertz CT molecular complexity index is 672. The molecule has 0 aliphatic carbocycles. The van der Waals surface area contributed by atoms with Crippen molar-refractivity contribution in [3.8, 4) is 6.07 Å². The second-order valence-corrected chi connectivity index (χ2v) is 9.22. The average molecular weight is 360 g/mol. The number of aromatic nitrogens is 1. The Hall–Kier alpha value is -1.25. The van der Waals surface area contributed by atoms with Gasteiger partial charge in [0.1, 0.15) is 16.9 Å². The van der Waals surface area contributed by atoms with Crippen LogP contribution in [-0.4, -0.2) is 29.4 Å². The summed E-state index contributed by atoms with van der Waals surface area (Å²) in [6.45, 7) is 11.4. The molecule has 1 fully saturated rings. The van der Waals surface area contributed by atoms with E-state index in [-0.39, 0.29) is 5.60 Å². The number of fused-ring (bicyclic) bond motifs is 1. The maximum absolute atomic E-state index is 9.85. The van der Waals surface area contributed by atoms with Gasteiger partial charge in [0.05, 0.1) is 17.8 Å². The maximum Gasteiger partial charge on any atom is 0.135 e. The minimum absolute atomic E-state index is 0.220. The highest BCUT2D eigenvalue weighted by Crippen LogP contribution is 2.39. The van der Waals surface area contributed by atoms with Crippen LogP contribution >= 0.6 is 11.8 Å². The molecule has 0 unspecified atom stereocenters. The number of nitriles is 1. The van der Waals surface area contributed by atoms with Crippen LogP contribution in [0, 0.1) is 17.2 Å². The molecule has 25 heavy (non-hydrogen) atoms. The van der Waals surface area contributed by atoms with Gasteiger partial charge in [0.15, 0.2) is 0 Å². The fraction of sp³-hybridized carbons (Fsp3) is 0.700. The van der Waals surface area contributed by atoms with Gasteiger partial charge in [-0.15, -0.1) is 11.8 Å². The molecule has 3 heterocycles. The van der Waals surface area contributed by atoms with Gasteiger partial charge in [-0.05, 0) is 50.3 Å². The molecule has 2 aliphatic rings. The smallest absolute Gasteiger partial charge is 0.135 e. The third-order valence-electron chi connectivity index (χ3n) is 5.02. The van der Waals surface area contributed by atoms with Gasteiger partial charge in [0.25, 0.3) is 0 Å². The van der Waals surface area contributed by atoms with Crippen molar-refractivity contribution in [3.63, 3.8) is 0 Å². The minimum Gasteiger partial charge on any atom is -0.370 e. The summed E-state index contributed by atoms with van der Waals surface area (Å²) in [6, 6.07) is 2.46. The van der Waals surface area contributed by atoms with Crippen molar-refractivity contribution in [2.75, 3.05) is 23.7 Å². The van der Waals surface area contributed by atoms with Gasteiger partial charge < -0.3 is 9.64 Å². The lowest BCUT2D eigenvalue weighted by Crippen LogP contribution is -2.34. The van der Waals surface area contributed by atoms with E-state index in [4.69, 9.17) is 9.72 Å². The van der Waals surface area contributed by atoms with Crippen LogP contribution in [0.25, 0.3) is 0 Å². The minimum atomic E-state index is -0.220. The van der Waals surface area contributed by atoms with E-state index in [0.717, 1.165) is 53.7 Å². The standard InChI is InChI=1S/C20H29N3OS/c1-14(2)7-10-25-19-16(12-21)15-11-20(3,4)24-13-17(15)18(22-19)23-8-5-6-9-23/h14H,5-11,13H2,1-4H3. The van der Waals surface area contributed by atoms with Crippen LogP contribution < -0.4 is 4.90 Å². The predicted octanol–water partition coefficient (Wildman–Crippen LogP) is 4.54. The number of nitrogens with zero attached hydrogens (tertiary/aromatic N) is 3. The molecule has 0 saturated carbocycles. The summed E-state index contributed by atoms with van der Waals surface area (Å²) < 4.78 is 6.06.